The average molecular weight is 261 g/mol. The highest BCUT2D eigenvalue weighted by atomic mass is 16.2. The van der Waals surface area contributed by atoms with Gasteiger partial charge in [0.25, 0.3) is 0 Å². The van der Waals surface area contributed by atoms with E-state index in [0.29, 0.717) is 6.54 Å². The van der Waals surface area contributed by atoms with Gasteiger partial charge in [-0.1, -0.05) is 29.8 Å². The van der Waals surface area contributed by atoms with E-state index in [0.717, 1.165) is 31.5 Å². The molecule has 1 aromatic carbocycles. The minimum Gasteiger partial charge on any atom is -0.351 e. The van der Waals surface area contributed by atoms with Crippen LogP contribution in [-0.2, 0) is 6.54 Å². The Morgan fingerprint density at radius 2 is 1.89 bits per heavy atom. The number of rotatable bonds is 3. The second-order valence-electron chi connectivity index (χ2n) is 5.49. The molecule has 4 heteroatoms. The van der Waals surface area contributed by atoms with Crippen LogP contribution in [0.15, 0.2) is 24.3 Å². The summed E-state index contributed by atoms with van der Waals surface area (Å²) in [5, 5.41) is 0. The van der Waals surface area contributed by atoms with E-state index in [1.165, 1.54) is 5.56 Å². The number of aryl methyl sites for hydroxylation is 1. The second kappa shape index (κ2) is 6.06. The minimum atomic E-state index is -0.310. The molecular weight excluding hydrogens is 238 g/mol. The fraction of sp³-hybridized carbons (Fsp3) is 0.533. The number of carbonyl (C=O) groups is 1. The summed E-state index contributed by atoms with van der Waals surface area (Å²) in [7, 11) is 2.12. The van der Waals surface area contributed by atoms with Gasteiger partial charge in [-0.05, 0) is 45.5 Å². The van der Waals surface area contributed by atoms with Crippen molar-refractivity contribution in [1.82, 2.24) is 9.80 Å². The normalized spacial score (nSPS) is 17.4. The molecule has 0 unspecified atom stereocenters. The third-order valence-electron chi connectivity index (χ3n) is 3.89. The Balaban J connectivity index is 2.04. The highest BCUT2D eigenvalue weighted by Gasteiger charge is 2.25. The van der Waals surface area contributed by atoms with Crippen LogP contribution in [0.2, 0.25) is 0 Å². The smallest absolute Gasteiger partial charge is 0.315 e. The van der Waals surface area contributed by atoms with Crippen molar-refractivity contribution in [1.29, 1.82) is 0 Å². The van der Waals surface area contributed by atoms with Gasteiger partial charge in [-0.3, -0.25) is 0 Å². The van der Waals surface area contributed by atoms with Crippen LogP contribution in [0, 0.1) is 6.92 Å². The maximum Gasteiger partial charge on any atom is 0.315 e. The van der Waals surface area contributed by atoms with Crippen LogP contribution in [0.3, 0.4) is 0 Å². The monoisotopic (exact) mass is 261 g/mol. The molecule has 0 aliphatic carbocycles. The minimum absolute atomic E-state index is 0.273. The number of piperidine rings is 1. The predicted octanol–water partition coefficient (Wildman–Crippen LogP) is 1.97. The zero-order valence-corrected chi connectivity index (χ0v) is 11.8. The van der Waals surface area contributed by atoms with E-state index in [9.17, 15) is 4.79 Å². The summed E-state index contributed by atoms with van der Waals surface area (Å²) in [6, 6.07) is 8.25. The summed E-state index contributed by atoms with van der Waals surface area (Å²) in [4.78, 5) is 15.8. The van der Waals surface area contributed by atoms with E-state index in [1.807, 2.05) is 4.90 Å². The lowest BCUT2D eigenvalue weighted by Crippen LogP contribution is -2.48. The van der Waals surface area contributed by atoms with E-state index in [-0.39, 0.29) is 12.1 Å². The van der Waals surface area contributed by atoms with E-state index >= 15 is 0 Å². The average Bonchev–Trinajstić information content (AvgIpc) is 2.39. The highest BCUT2D eigenvalue weighted by Crippen LogP contribution is 2.18. The molecule has 1 heterocycles. The van der Waals surface area contributed by atoms with E-state index < -0.39 is 0 Å². The standard InChI is InChI=1S/C15H23N3O/c1-12-3-5-13(6-4-12)11-18(15(16)19)14-7-9-17(2)10-8-14/h3-6,14H,7-11H2,1-2H3,(H2,16,19). The fourth-order valence-corrected chi connectivity index (χ4v) is 2.58. The number of nitrogens with two attached hydrogens (primary N) is 1. The van der Waals surface area contributed by atoms with Gasteiger partial charge in [0.15, 0.2) is 0 Å². The Bertz CT molecular complexity index is 422. The van der Waals surface area contributed by atoms with E-state index in [1.54, 1.807) is 0 Å². The van der Waals surface area contributed by atoms with Crippen LogP contribution < -0.4 is 5.73 Å². The Morgan fingerprint density at radius 1 is 1.32 bits per heavy atom. The van der Waals surface area contributed by atoms with Crippen LogP contribution in [0.5, 0.6) is 0 Å². The van der Waals surface area contributed by atoms with Gasteiger partial charge in [0.2, 0.25) is 0 Å². The number of nitrogens with zero attached hydrogens (tertiary/aromatic N) is 2. The Kier molecular flexibility index (Phi) is 4.43. The van der Waals surface area contributed by atoms with Crippen LogP contribution >= 0.6 is 0 Å². The summed E-state index contributed by atoms with van der Waals surface area (Å²) in [5.74, 6) is 0. The van der Waals surface area contributed by atoms with Crippen LogP contribution in [0.4, 0.5) is 4.79 Å². The van der Waals surface area contributed by atoms with Gasteiger partial charge in [0.1, 0.15) is 0 Å². The molecule has 0 aromatic heterocycles. The number of hydrogen-bond acceptors (Lipinski definition) is 2. The molecule has 2 rings (SSSR count). The maximum absolute atomic E-state index is 11.7. The van der Waals surface area contributed by atoms with Crippen LogP contribution in [0.25, 0.3) is 0 Å². The van der Waals surface area contributed by atoms with Crippen molar-refractivity contribution in [2.75, 3.05) is 20.1 Å². The maximum atomic E-state index is 11.7. The lowest BCUT2D eigenvalue weighted by molar-refractivity contribution is 0.133. The summed E-state index contributed by atoms with van der Waals surface area (Å²) in [6.07, 6.45) is 2.01. The van der Waals surface area contributed by atoms with Gasteiger partial charge < -0.3 is 15.5 Å². The molecule has 0 spiro atoms. The zero-order valence-electron chi connectivity index (χ0n) is 11.8. The van der Waals surface area contributed by atoms with Crippen molar-refractivity contribution in [3.63, 3.8) is 0 Å². The Hall–Kier alpha value is -1.55. The number of likely N-dealkylation sites (tertiary alicyclic amines) is 1. The Morgan fingerprint density at radius 3 is 2.42 bits per heavy atom. The van der Waals surface area contributed by atoms with Crippen molar-refractivity contribution in [3.8, 4) is 0 Å². The molecule has 2 N–H and O–H groups in total. The van der Waals surface area contributed by atoms with E-state index in [2.05, 4.69) is 43.1 Å². The molecule has 4 nitrogen and oxygen atoms in total. The first-order chi connectivity index (χ1) is 9.06. The molecule has 104 valence electrons. The van der Waals surface area contributed by atoms with E-state index in [4.69, 9.17) is 5.73 Å². The SMILES string of the molecule is Cc1ccc(CN(C(N)=O)C2CCN(C)CC2)cc1. The van der Waals surface area contributed by atoms with Crippen molar-refractivity contribution < 1.29 is 4.79 Å². The molecule has 2 amide bonds. The third-order valence-corrected chi connectivity index (χ3v) is 3.89. The van der Waals surface area contributed by atoms with Gasteiger partial charge in [-0.15, -0.1) is 0 Å². The molecule has 1 aliphatic rings. The summed E-state index contributed by atoms with van der Waals surface area (Å²) >= 11 is 0. The zero-order chi connectivity index (χ0) is 13.8. The molecule has 0 radical (unpaired) electrons. The molecule has 1 saturated heterocycles. The van der Waals surface area contributed by atoms with Gasteiger partial charge >= 0.3 is 6.03 Å². The molecule has 1 aliphatic heterocycles. The van der Waals surface area contributed by atoms with Gasteiger partial charge in [0.05, 0.1) is 0 Å². The lowest BCUT2D eigenvalue weighted by atomic mass is 10.0. The quantitative estimate of drug-likeness (QED) is 0.904. The third kappa shape index (κ3) is 3.70. The Labute approximate surface area is 115 Å². The first kappa shape index (κ1) is 13.9. The molecule has 0 atom stereocenters. The number of carbonyl (C=O) groups excluding carboxylic acids is 1. The number of urea groups is 1. The topological polar surface area (TPSA) is 49.6 Å². The van der Waals surface area contributed by atoms with Crippen molar-refractivity contribution >= 4 is 6.03 Å². The summed E-state index contributed by atoms with van der Waals surface area (Å²) in [5.41, 5.74) is 7.93. The summed E-state index contributed by atoms with van der Waals surface area (Å²) < 4.78 is 0. The predicted molar refractivity (Wildman–Crippen MR) is 76.8 cm³/mol. The largest absolute Gasteiger partial charge is 0.351 e. The fourth-order valence-electron chi connectivity index (χ4n) is 2.58. The second-order valence-corrected chi connectivity index (χ2v) is 5.49. The molecule has 1 fully saturated rings. The molecule has 0 bridgehead atoms. The first-order valence-electron chi connectivity index (χ1n) is 6.86. The van der Waals surface area contributed by atoms with Gasteiger partial charge in [0, 0.05) is 12.6 Å². The number of primary amides is 1. The van der Waals surface area contributed by atoms with Crippen molar-refractivity contribution in [3.05, 3.63) is 35.4 Å². The molecule has 1 aromatic rings. The highest BCUT2D eigenvalue weighted by molar-refractivity contribution is 5.72. The van der Waals surface area contributed by atoms with Crippen LogP contribution in [0.1, 0.15) is 24.0 Å². The number of amides is 2. The number of hydrogen-bond donors (Lipinski definition) is 1. The molecule has 19 heavy (non-hydrogen) atoms. The van der Waals surface area contributed by atoms with Gasteiger partial charge in [-0.25, -0.2) is 4.79 Å². The van der Waals surface area contributed by atoms with Crippen LogP contribution in [-0.4, -0.2) is 42.0 Å². The summed E-state index contributed by atoms with van der Waals surface area (Å²) in [6.45, 7) is 4.74. The number of benzene rings is 1. The molecular formula is C15H23N3O. The molecule has 0 saturated carbocycles. The van der Waals surface area contributed by atoms with Crippen molar-refractivity contribution in [2.45, 2.75) is 32.4 Å². The lowest BCUT2D eigenvalue weighted by Gasteiger charge is -2.36. The first-order valence-corrected chi connectivity index (χ1v) is 6.86. The van der Waals surface area contributed by atoms with Gasteiger partial charge in [-0.2, -0.15) is 0 Å². The van der Waals surface area contributed by atoms with Crippen molar-refractivity contribution in [2.24, 2.45) is 5.73 Å².